The molecule has 0 bridgehead atoms. The van der Waals surface area contributed by atoms with Crippen LogP contribution in [0, 0.1) is 10.1 Å². The average molecular weight is 423 g/mol. The molecule has 0 radical (unpaired) electrons. The number of amides is 1. The van der Waals surface area contributed by atoms with Crippen LogP contribution in [0.15, 0.2) is 48.8 Å². The Morgan fingerprint density at radius 2 is 1.97 bits per heavy atom. The summed E-state index contributed by atoms with van der Waals surface area (Å²) in [6.07, 6.45) is 5.11. The molecule has 162 valence electrons. The van der Waals surface area contributed by atoms with Crippen molar-refractivity contribution in [1.29, 1.82) is 0 Å². The lowest BCUT2D eigenvalue weighted by molar-refractivity contribution is -0.384. The molecule has 1 spiro atoms. The van der Waals surface area contributed by atoms with E-state index in [9.17, 15) is 14.9 Å². The molecule has 0 N–H and O–H groups in total. The molecule has 31 heavy (non-hydrogen) atoms. The first-order valence-electron chi connectivity index (χ1n) is 10.6. The summed E-state index contributed by atoms with van der Waals surface area (Å²) in [5, 5.41) is 11.0. The van der Waals surface area contributed by atoms with Crippen LogP contribution in [-0.2, 0) is 16.1 Å². The first-order chi connectivity index (χ1) is 15.0. The second-order valence-electron chi connectivity index (χ2n) is 8.57. The Morgan fingerprint density at radius 3 is 2.71 bits per heavy atom. The van der Waals surface area contributed by atoms with Crippen molar-refractivity contribution in [1.82, 2.24) is 14.8 Å². The number of hydrogen-bond acceptors (Lipinski definition) is 7. The summed E-state index contributed by atoms with van der Waals surface area (Å²) in [6.45, 7) is 3.83. The van der Waals surface area contributed by atoms with E-state index in [1.165, 1.54) is 11.8 Å². The van der Waals surface area contributed by atoms with Crippen molar-refractivity contribution in [2.24, 2.45) is 0 Å². The number of carbonyl (C=O) groups excluding carboxylic acids is 1. The van der Waals surface area contributed by atoms with Crippen LogP contribution in [0.3, 0.4) is 0 Å². The molecule has 9 nitrogen and oxygen atoms in total. The fourth-order valence-corrected chi connectivity index (χ4v) is 4.90. The number of piperazine rings is 1. The maximum atomic E-state index is 12.8. The minimum Gasteiger partial charge on any atom is -0.371 e. The largest absolute Gasteiger partial charge is 0.371 e. The van der Waals surface area contributed by atoms with E-state index >= 15 is 0 Å². The number of nitro benzene ring substituents is 1. The molecule has 0 saturated carbocycles. The molecule has 1 aromatic carbocycles. The Labute approximate surface area is 180 Å². The average Bonchev–Trinajstić information content (AvgIpc) is 3.13. The zero-order valence-corrected chi connectivity index (χ0v) is 17.2. The molecule has 3 fully saturated rings. The van der Waals surface area contributed by atoms with Crippen LogP contribution >= 0.6 is 0 Å². The number of carbonyl (C=O) groups is 1. The highest BCUT2D eigenvalue weighted by Gasteiger charge is 2.50. The Morgan fingerprint density at radius 1 is 1.19 bits per heavy atom. The van der Waals surface area contributed by atoms with Gasteiger partial charge in [-0.1, -0.05) is 12.1 Å². The lowest BCUT2D eigenvalue weighted by Crippen LogP contribution is -2.53. The quantitative estimate of drug-likeness (QED) is 0.549. The predicted octanol–water partition coefficient (Wildman–Crippen LogP) is 2.03. The molecule has 1 aromatic heterocycles. The van der Waals surface area contributed by atoms with Gasteiger partial charge in [0.15, 0.2) is 0 Å². The Balaban J connectivity index is 1.23. The minimum absolute atomic E-state index is 0.0649. The summed E-state index contributed by atoms with van der Waals surface area (Å²) in [6, 6.07) is 10.6. The van der Waals surface area contributed by atoms with E-state index in [4.69, 9.17) is 4.74 Å². The van der Waals surface area contributed by atoms with Crippen molar-refractivity contribution in [2.75, 3.05) is 37.6 Å². The summed E-state index contributed by atoms with van der Waals surface area (Å²) >= 11 is 0. The number of piperidine rings is 1. The smallest absolute Gasteiger partial charge is 0.269 e. The van der Waals surface area contributed by atoms with Crippen LogP contribution in [0.2, 0.25) is 0 Å². The summed E-state index contributed by atoms with van der Waals surface area (Å²) in [7, 11) is 0. The van der Waals surface area contributed by atoms with Crippen LogP contribution in [0.4, 0.5) is 11.4 Å². The summed E-state index contributed by atoms with van der Waals surface area (Å²) < 4.78 is 6.49. The maximum absolute atomic E-state index is 12.8. The number of fused-ring (bicyclic) bond motifs is 1. The fourth-order valence-electron chi connectivity index (χ4n) is 4.90. The third-order valence-corrected chi connectivity index (χ3v) is 6.52. The van der Waals surface area contributed by atoms with Crippen molar-refractivity contribution in [3.05, 3.63) is 64.5 Å². The number of pyridine rings is 1. The number of nitro groups is 1. The number of hydrogen-bond donors (Lipinski definition) is 0. The lowest BCUT2D eigenvalue weighted by Gasteiger charge is -2.39. The molecule has 3 saturated heterocycles. The first kappa shape index (κ1) is 19.9. The lowest BCUT2D eigenvalue weighted by atomic mass is 9.91. The fraction of sp³-hybridized carbons (Fsp3) is 0.455. The van der Waals surface area contributed by atoms with E-state index in [-0.39, 0.29) is 23.4 Å². The normalized spacial score (nSPS) is 23.2. The Kier molecular flexibility index (Phi) is 5.07. The third-order valence-electron chi connectivity index (χ3n) is 6.52. The highest BCUT2D eigenvalue weighted by molar-refractivity contribution is 5.79. The first-order valence-corrected chi connectivity index (χ1v) is 10.6. The monoisotopic (exact) mass is 423 g/mol. The van der Waals surface area contributed by atoms with E-state index in [1.54, 1.807) is 24.5 Å². The van der Waals surface area contributed by atoms with E-state index < -0.39 is 4.92 Å². The van der Waals surface area contributed by atoms with Crippen LogP contribution in [-0.4, -0.2) is 70.2 Å². The van der Waals surface area contributed by atoms with Gasteiger partial charge in [0.2, 0.25) is 5.91 Å². The zero-order chi connectivity index (χ0) is 21.4. The number of non-ortho nitro benzene ring substituents is 1. The van der Waals surface area contributed by atoms with E-state index in [1.807, 2.05) is 28.0 Å². The third kappa shape index (κ3) is 3.98. The van der Waals surface area contributed by atoms with Crippen molar-refractivity contribution in [3.8, 4) is 0 Å². The number of anilines is 1. The van der Waals surface area contributed by atoms with Crippen LogP contribution < -0.4 is 4.90 Å². The molecule has 9 heteroatoms. The molecule has 2 aromatic rings. The van der Waals surface area contributed by atoms with E-state index in [0.29, 0.717) is 26.2 Å². The zero-order valence-electron chi connectivity index (χ0n) is 17.2. The van der Waals surface area contributed by atoms with Gasteiger partial charge < -0.3 is 14.5 Å². The SMILES string of the molecule is O=C1CN(Cc2cccc([N+](=O)[O-])c2)CC2OC3(CCN(c4ccncc4)CC3)CN12. The second kappa shape index (κ2) is 7.90. The molecule has 1 atom stereocenters. The maximum Gasteiger partial charge on any atom is 0.269 e. The van der Waals surface area contributed by atoms with Gasteiger partial charge in [0.1, 0.15) is 6.23 Å². The molecule has 1 amide bonds. The van der Waals surface area contributed by atoms with E-state index in [0.717, 1.165) is 31.5 Å². The van der Waals surface area contributed by atoms with Gasteiger partial charge in [-0.05, 0) is 30.5 Å². The molecule has 1 unspecified atom stereocenters. The summed E-state index contributed by atoms with van der Waals surface area (Å²) in [4.78, 5) is 33.8. The van der Waals surface area contributed by atoms with Gasteiger partial charge in [-0.25, -0.2) is 0 Å². The molecule has 4 heterocycles. The van der Waals surface area contributed by atoms with E-state index in [2.05, 4.69) is 9.88 Å². The Hall–Kier alpha value is -3.04. The number of nitrogens with zero attached hydrogens (tertiary/aromatic N) is 5. The summed E-state index contributed by atoms with van der Waals surface area (Å²) in [5.74, 6) is 0.0649. The molecular weight excluding hydrogens is 398 g/mol. The minimum atomic E-state index is -0.394. The van der Waals surface area contributed by atoms with Crippen molar-refractivity contribution in [3.63, 3.8) is 0 Å². The van der Waals surface area contributed by atoms with Gasteiger partial charge in [-0.3, -0.25) is 24.8 Å². The van der Waals surface area contributed by atoms with Crippen molar-refractivity contribution in [2.45, 2.75) is 31.2 Å². The van der Waals surface area contributed by atoms with Crippen LogP contribution in [0.5, 0.6) is 0 Å². The number of aromatic nitrogens is 1. The predicted molar refractivity (Wildman–Crippen MR) is 113 cm³/mol. The van der Waals surface area contributed by atoms with Gasteiger partial charge in [-0.15, -0.1) is 0 Å². The van der Waals surface area contributed by atoms with Gasteiger partial charge >= 0.3 is 0 Å². The van der Waals surface area contributed by atoms with Crippen molar-refractivity contribution < 1.29 is 14.5 Å². The van der Waals surface area contributed by atoms with Gasteiger partial charge in [-0.2, -0.15) is 0 Å². The second-order valence-corrected chi connectivity index (χ2v) is 8.57. The molecular formula is C22H25N5O4. The van der Waals surface area contributed by atoms with Crippen LogP contribution in [0.1, 0.15) is 18.4 Å². The van der Waals surface area contributed by atoms with Crippen LogP contribution in [0.25, 0.3) is 0 Å². The van der Waals surface area contributed by atoms with Gasteiger partial charge in [0.05, 0.1) is 23.6 Å². The molecule has 3 aliphatic heterocycles. The standard InChI is InChI=1S/C22H25N5O4/c28-20-14-24(13-17-2-1-3-19(12-17)27(29)30)15-21-26(20)16-22(31-21)6-10-25(11-7-22)18-4-8-23-9-5-18/h1-5,8-9,12,21H,6-7,10-11,13-16H2. The van der Waals surface area contributed by atoms with Gasteiger partial charge in [0.25, 0.3) is 5.69 Å². The highest BCUT2D eigenvalue weighted by atomic mass is 16.6. The van der Waals surface area contributed by atoms with Crippen molar-refractivity contribution >= 4 is 17.3 Å². The molecule has 0 aliphatic carbocycles. The number of ether oxygens (including phenoxy) is 1. The Bertz CT molecular complexity index is 977. The van der Waals surface area contributed by atoms with Gasteiger partial charge in [0, 0.05) is 56.4 Å². The highest BCUT2D eigenvalue weighted by Crippen LogP contribution is 2.38. The summed E-state index contributed by atoms with van der Waals surface area (Å²) in [5.41, 5.74) is 1.78. The molecule has 5 rings (SSSR count). The number of benzene rings is 1. The molecule has 3 aliphatic rings. The topological polar surface area (TPSA) is 92.0 Å². The number of rotatable bonds is 4.